The van der Waals surface area contributed by atoms with Crippen molar-refractivity contribution >= 4 is 17.4 Å². The first-order valence-electron chi connectivity index (χ1n) is 9.36. The Morgan fingerprint density at radius 3 is 2.40 bits per heavy atom. The average Bonchev–Trinajstić information content (AvgIpc) is 3.18. The fourth-order valence-corrected chi connectivity index (χ4v) is 3.51. The van der Waals surface area contributed by atoms with Crippen molar-refractivity contribution in [3.63, 3.8) is 0 Å². The van der Waals surface area contributed by atoms with Crippen LogP contribution in [-0.2, 0) is 17.5 Å². The van der Waals surface area contributed by atoms with E-state index in [9.17, 15) is 22.8 Å². The van der Waals surface area contributed by atoms with Gasteiger partial charge < -0.3 is 14.4 Å². The molecule has 1 aliphatic heterocycles. The first-order chi connectivity index (χ1) is 14.2. The van der Waals surface area contributed by atoms with Gasteiger partial charge in [-0.15, -0.1) is 5.10 Å². The molecule has 0 unspecified atom stereocenters. The van der Waals surface area contributed by atoms with E-state index in [0.717, 1.165) is 11.8 Å². The molecule has 0 atom stereocenters. The van der Waals surface area contributed by atoms with Crippen LogP contribution in [0.5, 0.6) is 0 Å². The van der Waals surface area contributed by atoms with Gasteiger partial charge in [0.1, 0.15) is 6.54 Å². The van der Waals surface area contributed by atoms with Gasteiger partial charge in [-0.1, -0.05) is 18.2 Å². The van der Waals surface area contributed by atoms with E-state index < -0.39 is 17.6 Å². The Morgan fingerprint density at radius 2 is 1.77 bits per heavy atom. The highest BCUT2D eigenvalue weighted by Crippen LogP contribution is 2.26. The van der Waals surface area contributed by atoms with Crippen LogP contribution in [0.4, 0.5) is 18.9 Å². The van der Waals surface area contributed by atoms with E-state index in [1.807, 2.05) is 30.3 Å². The molecule has 4 rings (SSSR count). The third kappa shape index (κ3) is 3.74. The lowest BCUT2D eigenvalue weighted by atomic mass is 10.2. The summed E-state index contributed by atoms with van der Waals surface area (Å²) in [5.41, 5.74) is 0.682. The summed E-state index contributed by atoms with van der Waals surface area (Å²) in [5.74, 6) is -1.97. The number of carbonyl (C=O) groups is 1. The van der Waals surface area contributed by atoms with Gasteiger partial charge in [0.15, 0.2) is 0 Å². The van der Waals surface area contributed by atoms with Crippen LogP contribution in [0.15, 0.2) is 41.2 Å². The third-order valence-corrected chi connectivity index (χ3v) is 5.10. The predicted molar refractivity (Wildman–Crippen MR) is 102 cm³/mol. The van der Waals surface area contributed by atoms with Gasteiger partial charge in [0.2, 0.25) is 11.7 Å². The van der Waals surface area contributed by atoms with Gasteiger partial charge in [-0.3, -0.25) is 9.59 Å². The van der Waals surface area contributed by atoms with E-state index >= 15 is 0 Å². The Labute approximate surface area is 169 Å². The Hall–Kier alpha value is -3.37. The van der Waals surface area contributed by atoms with Crippen LogP contribution < -0.4 is 10.5 Å². The molecule has 158 valence electrons. The highest BCUT2D eigenvalue weighted by Gasteiger charge is 2.37. The number of fused-ring (bicyclic) bond motifs is 1. The molecule has 1 fully saturated rings. The maximum atomic E-state index is 13.0. The molecule has 0 spiro atoms. The van der Waals surface area contributed by atoms with Crippen LogP contribution in [0.3, 0.4) is 0 Å². The smallest absolute Gasteiger partial charge is 0.368 e. The van der Waals surface area contributed by atoms with Crippen molar-refractivity contribution in [3.05, 3.63) is 58.3 Å². The number of benzene rings is 1. The van der Waals surface area contributed by atoms with Gasteiger partial charge in [-0.25, -0.2) is 0 Å². The fourth-order valence-electron chi connectivity index (χ4n) is 3.51. The number of hydrogen-bond donors (Lipinski definition) is 0. The number of anilines is 1. The summed E-state index contributed by atoms with van der Waals surface area (Å²) < 4.78 is 40.8. The lowest BCUT2D eigenvalue weighted by molar-refractivity contribution is -0.144. The summed E-state index contributed by atoms with van der Waals surface area (Å²) in [5, 5.41) is 3.26. The van der Waals surface area contributed by atoms with Crippen LogP contribution in [0.25, 0.3) is 5.78 Å². The van der Waals surface area contributed by atoms with Gasteiger partial charge in [0.05, 0.1) is 0 Å². The summed E-state index contributed by atoms with van der Waals surface area (Å²) in [6, 6.07) is 11.0. The van der Waals surface area contributed by atoms with E-state index in [2.05, 4.69) is 15.0 Å². The van der Waals surface area contributed by atoms with E-state index in [1.54, 1.807) is 11.8 Å². The first-order valence-corrected chi connectivity index (χ1v) is 9.36. The quantitative estimate of drug-likeness (QED) is 0.643. The van der Waals surface area contributed by atoms with Crippen molar-refractivity contribution in [1.82, 2.24) is 24.1 Å². The molecule has 2 aromatic heterocycles. The normalized spacial score (nSPS) is 15.1. The molecule has 0 radical (unpaired) electrons. The number of hydrogen-bond acceptors (Lipinski definition) is 5. The van der Waals surface area contributed by atoms with Gasteiger partial charge >= 0.3 is 6.18 Å². The highest BCUT2D eigenvalue weighted by molar-refractivity contribution is 5.77. The van der Waals surface area contributed by atoms with Crippen LogP contribution in [0.2, 0.25) is 0 Å². The number of halogens is 3. The molecule has 0 aliphatic carbocycles. The van der Waals surface area contributed by atoms with Crippen molar-refractivity contribution in [2.75, 3.05) is 31.1 Å². The SMILES string of the molecule is Cc1cc(=O)n2nc(C(F)(F)F)nc2n1CC(=O)N1CCN(c2ccccc2)CC1. The number of rotatable bonds is 3. The standard InChI is InChI=1S/C19H19F3N6O2/c1-13-11-15(29)28-18(23-17(24-28)19(20,21)22)27(13)12-16(30)26-9-7-25(8-10-26)14-5-3-2-4-6-14/h2-6,11H,7-10,12H2,1H3. The lowest BCUT2D eigenvalue weighted by Gasteiger charge is -2.36. The van der Waals surface area contributed by atoms with Crippen molar-refractivity contribution in [3.8, 4) is 0 Å². The second kappa shape index (κ2) is 7.47. The molecular weight excluding hydrogens is 401 g/mol. The summed E-state index contributed by atoms with van der Waals surface area (Å²) in [7, 11) is 0. The van der Waals surface area contributed by atoms with Crippen LogP contribution in [-0.4, -0.2) is 56.2 Å². The number of amides is 1. The zero-order valence-corrected chi connectivity index (χ0v) is 16.1. The highest BCUT2D eigenvalue weighted by atomic mass is 19.4. The molecule has 11 heteroatoms. The van der Waals surface area contributed by atoms with Crippen molar-refractivity contribution in [2.45, 2.75) is 19.6 Å². The average molecular weight is 420 g/mol. The second-order valence-corrected chi connectivity index (χ2v) is 7.06. The Morgan fingerprint density at radius 1 is 1.10 bits per heavy atom. The Kier molecular flexibility index (Phi) is 4.96. The second-order valence-electron chi connectivity index (χ2n) is 7.06. The van der Waals surface area contributed by atoms with E-state index in [4.69, 9.17) is 0 Å². The van der Waals surface area contributed by atoms with E-state index in [-0.39, 0.29) is 18.2 Å². The molecule has 0 saturated carbocycles. The largest absolute Gasteiger partial charge is 0.453 e. The third-order valence-electron chi connectivity index (χ3n) is 5.10. The number of nitrogens with zero attached hydrogens (tertiary/aromatic N) is 6. The molecule has 3 heterocycles. The summed E-state index contributed by atoms with van der Waals surface area (Å²) in [6.45, 7) is 3.60. The number of aromatic nitrogens is 4. The van der Waals surface area contributed by atoms with E-state index in [1.165, 1.54) is 4.57 Å². The molecular formula is C19H19F3N6O2. The van der Waals surface area contributed by atoms with Gasteiger partial charge in [-0.05, 0) is 19.1 Å². The number of alkyl halides is 3. The maximum Gasteiger partial charge on any atom is 0.453 e. The first kappa shape index (κ1) is 19.9. The van der Waals surface area contributed by atoms with Crippen LogP contribution in [0, 0.1) is 6.92 Å². The molecule has 3 aromatic rings. The minimum Gasteiger partial charge on any atom is -0.368 e. The summed E-state index contributed by atoms with van der Waals surface area (Å²) in [6.07, 6.45) is -4.79. The van der Waals surface area contributed by atoms with Gasteiger partial charge in [0.25, 0.3) is 11.4 Å². The predicted octanol–water partition coefficient (Wildman–Crippen LogP) is 1.57. The summed E-state index contributed by atoms with van der Waals surface area (Å²) >= 11 is 0. The van der Waals surface area contributed by atoms with Crippen LogP contribution in [0.1, 0.15) is 11.5 Å². The van der Waals surface area contributed by atoms with Crippen molar-refractivity contribution < 1.29 is 18.0 Å². The zero-order chi connectivity index (χ0) is 21.5. The molecule has 30 heavy (non-hydrogen) atoms. The fraction of sp³-hybridized carbons (Fsp3) is 0.368. The molecule has 1 saturated heterocycles. The minimum atomic E-state index is -4.79. The number of aryl methyl sites for hydroxylation is 1. The molecule has 1 aliphatic rings. The van der Waals surface area contributed by atoms with Crippen molar-refractivity contribution in [1.29, 1.82) is 0 Å². The van der Waals surface area contributed by atoms with Gasteiger partial charge in [-0.2, -0.15) is 22.7 Å². The maximum absolute atomic E-state index is 13.0. The number of piperazine rings is 1. The molecule has 8 nitrogen and oxygen atoms in total. The van der Waals surface area contributed by atoms with Crippen LogP contribution >= 0.6 is 0 Å². The minimum absolute atomic E-state index is 0.225. The molecule has 0 bridgehead atoms. The lowest BCUT2D eigenvalue weighted by Crippen LogP contribution is -2.49. The molecule has 1 aromatic carbocycles. The topological polar surface area (TPSA) is 75.7 Å². The zero-order valence-electron chi connectivity index (χ0n) is 16.1. The number of carbonyl (C=O) groups excluding carboxylic acids is 1. The monoisotopic (exact) mass is 420 g/mol. The summed E-state index contributed by atoms with van der Waals surface area (Å²) in [4.78, 5) is 32.1. The van der Waals surface area contributed by atoms with Crippen molar-refractivity contribution in [2.24, 2.45) is 0 Å². The van der Waals surface area contributed by atoms with E-state index in [0.29, 0.717) is 36.4 Å². The molecule has 0 N–H and O–H groups in total. The van der Waals surface area contributed by atoms with Gasteiger partial charge in [0, 0.05) is 43.6 Å². The Balaban J connectivity index is 1.54. The Bertz CT molecular complexity index is 1130. The molecule has 1 amide bonds. The number of para-hydroxylation sites is 1.